The highest BCUT2D eigenvalue weighted by Gasteiger charge is 2.07. The maximum absolute atomic E-state index is 11.6. The molecule has 0 saturated carbocycles. The minimum atomic E-state index is -0.338. The molecule has 5 heteroatoms. The van der Waals surface area contributed by atoms with Crippen molar-refractivity contribution in [2.45, 2.75) is 13.8 Å². The third kappa shape index (κ3) is 4.65. The van der Waals surface area contributed by atoms with Gasteiger partial charge in [0.2, 0.25) is 0 Å². The van der Waals surface area contributed by atoms with E-state index in [2.05, 4.69) is 4.99 Å². The van der Waals surface area contributed by atoms with Gasteiger partial charge in [-0.25, -0.2) is 9.79 Å². The zero-order valence-corrected chi connectivity index (χ0v) is 9.88. The number of hydrogen-bond acceptors (Lipinski definition) is 4. The van der Waals surface area contributed by atoms with E-state index in [1.54, 1.807) is 29.7 Å². The van der Waals surface area contributed by atoms with Gasteiger partial charge in [0.1, 0.15) is 6.34 Å². The van der Waals surface area contributed by atoms with Gasteiger partial charge in [-0.05, 0) is 30.2 Å². The van der Waals surface area contributed by atoms with Crippen molar-refractivity contribution < 1.29 is 14.7 Å². The molecule has 0 aromatic heterocycles. The fourth-order valence-electron chi connectivity index (χ4n) is 1.11. The van der Waals surface area contributed by atoms with Gasteiger partial charge in [0.05, 0.1) is 17.9 Å². The van der Waals surface area contributed by atoms with E-state index in [1.807, 2.05) is 13.8 Å². The third-order valence-corrected chi connectivity index (χ3v) is 1.92. The minimum absolute atomic E-state index is 0.318. The van der Waals surface area contributed by atoms with E-state index in [4.69, 9.17) is 9.94 Å². The van der Waals surface area contributed by atoms with Crippen LogP contribution in [0.4, 0.5) is 5.69 Å². The van der Waals surface area contributed by atoms with E-state index in [1.165, 1.54) is 0 Å². The SMILES string of the molecule is CC(C)COC(=O)c1ccc(N=CNO)cc1. The van der Waals surface area contributed by atoms with Crippen LogP contribution in [0.25, 0.3) is 0 Å². The van der Waals surface area contributed by atoms with Crippen LogP contribution in [0, 0.1) is 5.92 Å². The van der Waals surface area contributed by atoms with Crippen molar-refractivity contribution in [3.05, 3.63) is 29.8 Å². The molecule has 92 valence electrons. The minimum Gasteiger partial charge on any atom is -0.462 e. The number of hydroxylamine groups is 1. The fraction of sp³-hybridized carbons (Fsp3) is 0.333. The molecule has 2 N–H and O–H groups in total. The Morgan fingerprint density at radius 1 is 1.47 bits per heavy atom. The van der Waals surface area contributed by atoms with Crippen LogP contribution in [0.15, 0.2) is 29.3 Å². The number of ether oxygens (including phenoxy) is 1. The van der Waals surface area contributed by atoms with Gasteiger partial charge in [0.25, 0.3) is 0 Å². The van der Waals surface area contributed by atoms with Crippen LogP contribution >= 0.6 is 0 Å². The number of esters is 1. The van der Waals surface area contributed by atoms with Crippen LogP contribution in [-0.2, 0) is 4.74 Å². The van der Waals surface area contributed by atoms with Crippen molar-refractivity contribution in [3.8, 4) is 0 Å². The van der Waals surface area contributed by atoms with Crippen molar-refractivity contribution in [2.75, 3.05) is 6.61 Å². The quantitative estimate of drug-likeness (QED) is 0.355. The van der Waals surface area contributed by atoms with Crippen molar-refractivity contribution in [1.82, 2.24) is 5.48 Å². The lowest BCUT2D eigenvalue weighted by atomic mass is 10.2. The standard InChI is InChI=1S/C12H16N2O3/c1-9(2)7-17-12(15)10-3-5-11(6-4-10)13-8-14-16/h3-6,8-9,16H,7H2,1-2H3,(H,13,14). The molecule has 0 saturated heterocycles. The number of nitrogens with zero attached hydrogens (tertiary/aromatic N) is 1. The molecule has 0 spiro atoms. The summed E-state index contributed by atoms with van der Waals surface area (Å²) in [6.07, 6.45) is 1.14. The summed E-state index contributed by atoms with van der Waals surface area (Å²) < 4.78 is 5.08. The predicted molar refractivity (Wildman–Crippen MR) is 64.6 cm³/mol. The second-order valence-corrected chi connectivity index (χ2v) is 3.93. The van der Waals surface area contributed by atoms with Crippen LogP contribution in [0.5, 0.6) is 0 Å². The summed E-state index contributed by atoms with van der Waals surface area (Å²) in [6.45, 7) is 4.37. The zero-order valence-electron chi connectivity index (χ0n) is 9.88. The Morgan fingerprint density at radius 2 is 2.12 bits per heavy atom. The van der Waals surface area contributed by atoms with Crippen molar-refractivity contribution >= 4 is 18.0 Å². The molecule has 1 aromatic carbocycles. The van der Waals surface area contributed by atoms with Gasteiger partial charge in [-0.1, -0.05) is 13.8 Å². The fourth-order valence-corrected chi connectivity index (χ4v) is 1.11. The molecule has 0 fully saturated rings. The molecular weight excluding hydrogens is 220 g/mol. The summed E-state index contributed by atoms with van der Waals surface area (Å²) in [4.78, 5) is 15.4. The van der Waals surface area contributed by atoms with Crippen LogP contribution in [0.1, 0.15) is 24.2 Å². The summed E-state index contributed by atoms with van der Waals surface area (Å²) in [5.41, 5.74) is 2.92. The van der Waals surface area contributed by atoms with Gasteiger partial charge in [0, 0.05) is 0 Å². The topological polar surface area (TPSA) is 70.9 Å². The zero-order chi connectivity index (χ0) is 12.7. The molecule has 0 unspecified atom stereocenters. The number of aliphatic imine (C=N–C) groups is 1. The first-order valence-electron chi connectivity index (χ1n) is 5.33. The van der Waals surface area contributed by atoms with Gasteiger partial charge in [-0.2, -0.15) is 0 Å². The Hall–Kier alpha value is -1.88. The molecule has 17 heavy (non-hydrogen) atoms. The molecule has 0 aliphatic heterocycles. The van der Waals surface area contributed by atoms with E-state index in [0.29, 0.717) is 23.8 Å². The molecule has 1 rings (SSSR count). The van der Waals surface area contributed by atoms with Crippen LogP contribution in [-0.4, -0.2) is 24.1 Å². The molecular formula is C12H16N2O3. The average molecular weight is 236 g/mol. The van der Waals surface area contributed by atoms with Crippen molar-refractivity contribution in [2.24, 2.45) is 10.9 Å². The highest BCUT2D eigenvalue weighted by Crippen LogP contribution is 2.13. The lowest BCUT2D eigenvalue weighted by molar-refractivity contribution is 0.0459. The van der Waals surface area contributed by atoms with Crippen LogP contribution in [0.3, 0.4) is 0 Å². The smallest absolute Gasteiger partial charge is 0.338 e. The predicted octanol–water partition coefficient (Wildman–Crippen LogP) is 2.14. The summed E-state index contributed by atoms with van der Waals surface area (Å²) in [7, 11) is 0. The Balaban J connectivity index is 2.60. The summed E-state index contributed by atoms with van der Waals surface area (Å²) >= 11 is 0. The number of nitrogens with one attached hydrogen (secondary N) is 1. The molecule has 0 aliphatic carbocycles. The van der Waals surface area contributed by atoms with Gasteiger partial charge in [-0.15, -0.1) is 0 Å². The molecule has 0 atom stereocenters. The second-order valence-electron chi connectivity index (χ2n) is 3.93. The number of hydrogen-bond donors (Lipinski definition) is 2. The first-order valence-corrected chi connectivity index (χ1v) is 5.33. The molecule has 0 amide bonds. The first kappa shape index (κ1) is 13.2. The number of carbonyl (C=O) groups is 1. The number of carbonyl (C=O) groups excluding carboxylic acids is 1. The van der Waals surface area contributed by atoms with Crippen LogP contribution < -0.4 is 5.48 Å². The van der Waals surface area contributed by atoms with Gasteiger partial charge < -0.3 is 4.74 Å². The molecule has 0 radical (unpaired) electrons. The number of benzene rings is 1. The van der Waals surface area contributed by atoms with E-state index < -0.39 is 0 Å². The van der Waals surface area contributed by atoms with Gasteiger partial charge in [0.15, 0.2) is 0 Å². The second kappa shape index (κ2) is 6.65. The largest absolute Gasteiger partial charge is 0.462 e. The van der Waals surface area contributed by atoms with E-state index in [0.717, 1.165) is 6.34 Å². The van der Waals surface area contributed by atoms with Gasteiger partial charge >= 0.3 is 5.97 Å². The molecule has 0 heterocycles. The Morgan fingerprint density at radius 3 is 2.65 bits per heavy atom. The highest BCUT2D eigenvalue weighted by atomic mass is 16.5. The Labute approximate surface area is 100 Å². The summed E-state index contributed by atoms with van der Waals surface area (Å²) in [5, 5.41) is 8.32. The average Bonchev–Trinajstić information content (AvgIpc) is 2.34. The van der Waals surface area contributed by atoms with E-state index in [9.17, 15) is 4.79 Å². The monoisotopic (exact) mass is 236 g/mol. The Kier molecular flexibility index (Phi) is 5.16. The first-order chi connectivity index (χ1) is 8.13. The Bertz CT molecular complexity index is 385. The van der Waals surface area contributed by atoms with E-state index in [-0.39, 0.29) is 5.97 Å². The van der Waals surface area contributed by atoms with Crippen LogP contribution in [0.2, 0.25) is 0 Å². The highest BCUT2D eigenvalue weighted by molar-refractivity contribution is 5.89. The number of rotatable bonds is 5. The van der Waals surface area contributed by atoms with Gasteiger partial charge in [-0.3, -0.25) is 10.7 Å². The molecule has 0 aliphatic rings. The summed E-state index contributed by atoms with van der Waals surface area (Å²) in [6, 6.07) is 6.60. The van der Waals surface area contributed by atoms with E-state index >= 15 is 0 Å². The third-order valence-electron chi connectivity index (χ3n) is 1.92. The molecule has 0 bridgehead atoms. The van der Waals surface area contributed by atoms with Crippen molar-refractivity contribution in [3.63, 3.8) is 0 Å². The molecule has 5 nitrogen and oxygen atoms in total. The normalized spacial score (nSPS) is 10.8. The lowest BCUT2D eigenvalue weighted by Crippen LogP contribution is -2.09. The maximum Gasteiger partial charge on any atom is 0.338 e. The van der Waals surface area contributed by atoms with Crippen molar-refractivity contribution in [1.29, 1.82) is 0 Å². The maximum atomic E-state index is 11.6. The lowest BCUT2D eigenvalue weighted by Gasteiger charge is -2.06. The molecule has 1 aromatic rings. The summed E-state index contributed by atoms with van der Waals surface area (Å²) in [5.74, 6) is -0.0204.